The van der Waals surface area contributed by atoms with Crippen LogP contribution in [-0.4, -0.2) is 15.6 Å². The molecular formula is C12H20N2O. The molecule has 0 amide bonds. The Bertz CT molecular complexity index is 358. The van der Waals surface area contributed by atoms with Crippen molar-refractivity contribution in [1.82, 2.24) is 9.78 Å². The molecule has 0 atom stereocenters. The SMILES string of the molecule is Cc1cc(CC(=O)CC(C)(C)C)n(C)n1. The van der Waals surface area contributed by atoms with E-state index >= 15 is 0 Å². The molecule has 0 unspecified atom stereocenters. The minimum atomic E-state index is 0.0741. The van der Waals surface area contributed by atoms with Crippen molar-refractivity contribution < 1.29 is 4.79 Å². The molecule has 1 rings (SSSR count). The Labute approximate surface area is 91.5 Å². The molecule has 15 heavy (non-hydrogen) atoms. The molecule has 0 aromatic carbocycles. The molecule has 1 aromatic rings. The first-order valence-electron chi connectivity index (χ1n) is 5.29. The summed E-state index contributed by atoms with van der Waals surface area (Å²) in [7, 11) is 1.88. The average Bonchev–Trinajstić information content (AvgIpc) is 2.25. The number of hydrogen-bond donors (Lipinski definition) is 0. The van der Waals surface area contributed by atoms with Crippen molar-refractivity contribution in [2.45, 2.75) is 40.5 Å². The predicted octanol–water partition coefficient (Wildman–Crippen LogP) is 2.28. The fraction of sp³-hybridized carbons (Fsp3) is 0.667. The Hall–Kier alpha value is -1.12. The molecule has 3 heteroatoms. The fourth-order valence-electron chi connectivity index (χ4n) is 1.69. The van der Waals surface area contributed by atoms with Crippen LogP contribution in [0.5, 0.6) is 0 Å². The number of nitrogens with zero attached hydrogens (tertiary/aromatic N) is 2. The molecule has 0 aliphatic rings. The Kier molecular flexibility index (Phi) is 3.32. The lowest BCUT2D eigenvalue weighted by Crippen LogP contribution is -2.16. The molecule has 0 fully saturated rings. The van der Waals surface area contributed by atoms with Crippen LogP contribution in [0.2, 0.25) is 0 Å². The maximum atomic E-state index is 11.7. The third-order valence-corrected chi connectivity index (χ3v) is 2.20. The second-order valence-electron chi connectivity index (χ2n) is 5.35. The highest BCUT2D eigenvalue weighted by Crippen LogP contribution is 2.19. The molecule has 0 bridgehead atoms. The quantitative estimate of drug-likeness (QED) is 0.763. The van der Waals surface area contributed by atoms with Gasteiger partial charge in [0.2, 0.25) is 0 Å². The second kappa shape index (κ2) is 4.17. The molecule has 84 valence electrons. The average molecular weight is 208 g/mol. The number of carbonyl (C=O) groups is 1. The first-order valence-corrected chi connectivity index (χ1v) is 5.29. The van der Waals surface area contributed by atoms with E-state index in [1.165, 1.54) is 0 Å². The third kappa shape index (κ3) is 3.86. The zero-order valence-electron chi connectivity index (χ0n) is 10.3. The van der Waals surface area contributed by atoms with Gasteiger partial charge in [-0.05, 0) is 18.4 Å². The fourth-order valence-corrected chi connectivity index (χ4v) is 1.69. The summed E-state index contributed by atoms with van der Waals surface area (Å²) >= 11 is 0. The van der Waals surface area contributed by atoms with Crippen molar-refractivity contribution in [2.24, 2.45) is 12.5 Å². The van der Waals surface area contributed by atoms with Crippen LogP contribution in [0.3, 0.4) is 0 Å². The second-order valence-corrected chi connectivity index (χ2v) is 5.35. The van der Waals surface area contributed by atoms with Gasteiger partial charge >= 0.3 is 0 Å². The zero-order chi connectivity index (χ0) is 11.6. The number of ketones is 1. The van der Waals surface area contributed by atoms with Crippen molar-refractivity contribution in [3.8, 4) is 0 Å². The number of aryl methyl sites for hydroxylation is 2. The molecule has 0 radical (unpaired) electrons. The monoisotopic (exact) mass is 208 g/mol. The maximum Gasteiger partial charge on any atom is 0.139 e. The molecule has 1 aromatic heterocycles. The van der Waals surface area contributed by atoms with Crippen LogP contribution in [0.25, 0.3) is 0 Å². The highest BCUT2D eigenvalue weighted by atomic mass is 16.1. The number of rotatable bonds is 3. The molecule has 0 aliphatic heterocycles. The summed E-state index contributed by atoms with van der Waals surface area (Å²) in [5, 5.41) is 4.23. The van der Waals surface area contributed by atoms with Gasteiger partial charge in [0.15, 0.2) is 0 Å². The molecule has 0 saturated carbocycles. The van der Waals surface area contributed by atoms with Crippen molar-refractivity contribution in [1.29, 1.82) is 0 Å². The smallest absolute Gasteiger partial charge is 0.139 e. The van der Waals surface area contributed by atoms with Gasteiger partial charge in [-0.3, -0.25) is 9.48 Å². The van der Waals surface area contributed by atoms with Crippen LogP contribution < -0.4 is 0 Å². The Morgan fingerprint density at radius 2 is 2.07 bits per heavy atom. The van der Waals surface area contributed by atoms with E-state index in [1.807, 2.05) is 20.0 Å². The summed E-state index contributed by atoms with van der Waals surface area (Å²) in [6.45, 7) is 8.19. The van der Waals surface area contributed by atoms with Crippen LogP contribution in [0.15, 0.2) is 6.07 Å². The van der Waals surface area contributed by atoms with Crippen molar-refractivity contribution in [3.05, 3.63) is 17.5 Å². The van der Waals surface area contributed by atoms with E-state index in [0.29, 0.717) is 12.8 Å². The lowest BCUT2D eigenvalue weighted by molar-refractivity contribution is -0.120. The van der Waals surface area contributed by atoms with Crippen LogP contribution >= 0.6 is 0 Å². The minimum Gasteiger partial charge on any atom is -0.299 e. The van der Waals surface area contributed by atoms with E-state index in [2.05, 4.69) is 25.9 Å². The molecule has 0 spiro atoms. The van der Waals surface area contributed by atoms with Gasteiger partial charge in [0, 0.05) is 25.6 Å². The summed E-state index contributed by atoms with van der Waals surface area (Å²) in [6, 6.07) is 1.97. The minimum absolute atomic E-state index is 0.0741. The Balaban J connectivity index is 2.63. The lowest BCUT2D eigenvalue weighted by atomic mass is 9.89. The summed E-state index contributed by atoms with van der Waals surface area (Å²) in [6.07, 6.45) is 1.12. The Morgan fingerprint density at radius 1 is 1.47 bits per heavy atom. The molecule has 0 aliphatic carbocycles. The first-order chi connectivity index (χ1) is 6.78. The van der Waals surface area contributed by atoms with Gasteiger partial charge in [0.05, 0.1) is 5.69 Å². The van der Waals surface area contributed by atoms with Crippen molar-refractivity contribution in [2.75, 3.05) is 0 Å². The predicted molar refractivity (Wildman–Crippen MR) is 60.7 cm³/mol. The van der Waals surface area contributed by atoms with Crippen molar-refractivity contribution >= 4 is 5.78 Å². The van der Waals surface area contributed by atoms with Gasteiger partial charge in [0.1, 0.15) is 5.78 Å². The highest BCUT2D eigenvalue weighted by Gasteiger charge is 2.17. The normalized spacial score (nSPS) is 11.8. The zero-order valence-corrected chi connectivity index (χ0v) is 10.3. The van der Waals surface area contributed by atoms with Gasteiger partial charge in [-0.25, -0.2) is 0 Å². The van der Waals surface area contributed by atoms with E-state index in [0.717, 1.165) is 11.4 Å². The van der Waals surface area contributed by atoms with Crippen molar-refractivity contribution in [3.63, 3.8) is 0 Å². The summed E-state index contributed by atoms with van der Waals surface area (Å²) in [5.74, 6) is 0.283. The van der Waals surface area contributed by atoms with E-state index in [1.54, 1.807) is 4.68 Å². The van der Waals surface area contributed by atoms with Crippen LogP contribution in [0.1, 0.15) is 38.6 Å². The van der Waals surface area contributed by atoms with Crippen LogP contribution in [-0.2, 0) is 18.3 Å². The molecule has 3 nitrogen and oxygen atoms in total. The van der Waals surface area contributed by atoms with Gasteiger partial charge in [-0.15, -0.1) is 0 Å². The van der Waals surface area contributed by atoms with Gasteiger partial charge < -0.3 is 0 Å². The summed E-state index contributed by atoms with van der Waals surface area (Å²) < 4.78 is 1.79. The van der Waals surface area contributed by atoms with E-state index < -0.39 is 0 Å². The lowest BCUT2D eigenvalue weighted by Gasteiger charge is -2.16. The number of carbonyl (C=O) groups excluding carboxylic acids is 1. The van der Waals surface area contributed by atoms with Crippen LogP contribution in [0.4, 0.5) is 0 Å². The standard InChI is InChI=1S/C12H20N2O/c1-9-6-10(14(5)13-9)7-11(15)8-12(2,3)4/h6H,7-8H2,1-5H3. The highest BCUT2D eigenvalue weighted by molar-refractivity contribution is 5.81. The third-order valence-electron chi connectivity index (χ3n) is 2.20. The van der Waals surface area contributed by atoms with Gasteiger partial charge in [-0.1, -0.05) is 20.8 Å². The number of hydrogen-bond acceptors (Lipinski definition) is 2. The van der Waals surface area contributed by atoms with Gasteiger partial charge in [-0.2, -0.15) is 5.10 Å². The van der Waals surface area contributed by atoms with Crippen LogP contribution in [0, 0.1) is 12.3 Å². The molecule has 0 saturated heterocycles. The van der Waals surface area contributed by atoms with E-state index in [-0.39, 0.29) is 11.2 Å². The maximum absolute atomic E-state index is 11.7. The topological polar surface area (TPSA) is 34.9 Å². The molecular weight excluding hydrogens is 188 g/mol. The molecule has 0 N–H and O–H groups in total. The van der Waals surface area contributed by atoms with E-state index in [9.17, 15) is 4.79 Å². The number of Topliss-reactive ketones (excluding diaryl/α,β-unsaturated/α-hetero) is 1. The van der Waals surface area contributed by atoms with Gasteiger partial charge in [0.25, 0.3) is 0 Å². The number of aromatic nitrogens is 2. The molecule has 1 heterocycles. The van der Waals surface area contributed by atoms with E-state index in [4.69, 9.17) is 0 Å². The Morgan fingerprint density at radius 3 is 2.47 bits per heavy atom. The first kappa shape index (κ1) is 12.0. The summed E-state index contributed by atoms with van der Waals surface area (Å²) in [4.78, 5) is 11.7. The summed E-state index contributed by atoms with van der Waals surface area (Å²) in [5.41, 5.74) is 2.04. The largest absolute Gasteiger partial charge is 0.299 e.